The second kappa shape index (κ2) is 7.54. The van der Waals surface area contributed by atoms with Crippen LogP contribution in [0.1, 0.15) is 12.5 Å². The minimum absolute atomic E-state index is 0.0636. The van der Waals surface area contributed by atoms with E-state index in [1.54, 1.807) is 20.1 Å². The summed E-state index contributed by atoms with van der Waals surface area (Å²) in [6.45, 7) is 3.63. The third kappa shape index (κ3) is 4.94. The van der Waals surface area contributed by atoms with Gasteiger partial charge in [-0.3, -0.25) is 4.79 Å². The lowest BCUT2D eigenvalue weighted by molar-refractivity contribution is -0.116. The zero-order chi connectivity index (χ0) is 18.6. The molecule has 0 aliphatic heterocycles. The number of amides is 1. The number of hydrogen-bond donors (Lipinski definition) is 3. The Hall–Kier alpha value is -2.58. The highest BCUT2D eigenvalue weighted by Gasteiger charge is 2.16. The van der Waals surface area contributed by atoms with E-state index in [1.165, 1.54) is 18.2 Å². The molecule has 2 rings (SSSR count). The Morgan fingerprint density at radius 3 is 2.56 bits per heavy atom. The number of rotatable bonds is 6. The van der Waals surface area contributed by atoms with Crippen molar-refractivity contribution in [3.8, 4) is 5.75 Å². The molecular formula is C17H21N3O4S. The van der Waals surface area contributed by atoms with Gasteiger partial charge in [0.1, 0.15) is 11.8 Å². The van der Waals surface area contributed by atoms with Crippen molar-refractivity contribution in [3.05, 3.63) is 48.0 Å². The zero-order valence-corrected chi connectivity index (χ0v) is 15.1. The second-order valence-corrected chi connectivity index (χ2v) is 7.19. The second-order valence-electron chi connectivity index (χ2n) is 5.63. The lowest BCUT2D eigenvalue weighted by Gasteiger charge is -2.18. The molecule has 0 radical (unpaired) electrons. The molecule has 2 aromatic carbocycles. The Labute approximate surface area is 147 Å². The molecule has 7 nitrogen and oxygen atoms in total. The molecule has 1 atom stereocenters. The molecule has 0 aromatic heterocycles. The molecule has 0 aliphatic rings. The number of nitrogens with two attached hydrogens (primary N) is 1. The number of primary sulfonamides is 1. The standard InChI is InChI=1S/C17H21N3O4S/c1-11-7-8-16(24-3)15(9-11)19-12(2)17(21)20-13-5-4-6-14(10-13)25(18,22)23/h4-10,12,19H,1-3H3,(H,20,21)(H2,18,22,23)/t12-/m0/s1. The Bertz CT molecular complexity index is 881. The summed E-state index contributed by atoms with van der Waals surface area (Å²) >= 11 is 0. The molecule has 25 heavy (non-hydrogen) atoms. The maximum absolute atomic E-state index is 12.4. The number of hydrogen-bond acceptors (Lipinski definition) is 5. The van der Waals surface area contributed by atoms with E-state index in [9.17, 15) is 13.2 Å². The van der Waals surface area contributed by atoms with Crippen molar-refractivity contribution >= 4 is 27.3 Å². The molecule has 134 valence electrons. The van der Waals surface area contributed by atoms with Crippen LogP contribution in [0.3, 0.4) is 0 Å². The van der Waals surface area contributed by atoms with Crippen LogP contribution < -0.4 is 20.5 Å². The number of anilines is 2. The van der Waals surface area contributed by atoms with Gasteiger partial charge in [-0.25, -0.2) is 13.6 Å². The fraction of sp³-hybridized carbons (Fsp3) is 0.235. The molecule has 0 heterocycles. The molecule has 0 bridgehead atoms. The summed E-state index contributed by atoms with van der Waals surface area (Å²) in [5.74, 6) is 0.302. The summed E-state index contributed by atoms with van der Waals surface area (Å²) in [5.41, 5.74) is 2.07. The fourth-order valence-electron chi connectivity index (χ4n) is 2.23. The number of ether oxygens (including phenoxy) is 1. The molecule has 2 aromatic rings. The molecule has 1 amide bonds. The van der Waals surface area contributed by atoms with E-state index in [2.05, 4.69) is 10.6 Å². The Balaban J connectivity index is 2.12. The third-order valence-corrected chi connectivity index (χ3v) is 4.46. The molecule has 0 unspecified atom stereocenters. The first kappa shape index (κ1) is 18.8. The highest BCUT2D eigenvalue weighted by atomic mass is 32.2. The molecule has 0 saturated heterocycles. The van der Waals surface area contributed by atoms with Crippen LogP contribution in [-0.2, 0) is 14.8 Å². The smallest absolute Gasteiger partial charge is 0.246 e. The van der Waals surface area contributed by atoms with Gasteiger partial charge in [0.15, 0.2) is 0 Å². The van der Waals surface area contributed by atoms with Gasteiger partial charge in [0, 0.05) is 5.69 Å². The van der Waals surface area contributed by atoms with Gasteiger partial charge in [-0.15, -0.1) is 0 Å². The average Bonchev–Trinajstić information content (AvgIpc) is 2.54. The first-order chi connectivity index (χ1) is 11.7. The monoisotopic (exact) mass is 363 g/mol. The van der Waals surface area contributed by atoms with Gasteiger partial charge in [-0.2, -0.15) is 0 Å². The number of methoxy groups -OCH3 is 1. The number of aryl methyl sites for hydroxylation is 1. The largest absolute Gasteiger partial charge is 0.495 e. The van der Waals surface area contributed by atoms with Crippen molar-refractivity contribution in [2.45, 2.75) is 24.8 Å². The molecule has 0 aliphatic carbocycles. The van der Waals surface area contributed by atoms with Gasteiger partial charge in [0.2, 0.25) is 15.9 Å². The van der Waals surface area contributed by atoms with Crippen LogP contribution in [0.5, 0.6) is 5.75 Å². The normalized spacial score (nSPS) is 12.3. The topological polar surface area (TPSA) is 111 Å². The predicted octanol–water partition coefficient (Wildman–Crippen LogP) is 2.09. The van der Waals surface area contributed by atoms with Crippen molar-refractivity contribution in [1.29, 1.82) is 0 Å². The highest BCUT2D eigenvalue weighted by molar-refractivity contribution is 7.89. The molecule has 0 saturated carbocycles. The van der Waals surface area contributed by atoms with Gasteiger partial charge in [0.25, 0.3) is 0 Å². The molecule has 0 fully saturated rings. The minimum atomic E-state index is -3.83. The van der Waals surface area contributed by atoms with Crippen molar-refractivity contribution in [3.63, 3.8) is 0 Å². The van der Waals surface area contributed by atoms with Crippen LogP contribution in [0.25, 0.3) is 0 Å². The summed E-state index contributed by atoms with van der Waals surface area (Å²) in [6.07, 6.45) is 0. The van der Waals surface area contributed by atoms with E-state index in [0.717, 1.165) is 5.56 Å². The molecule has 8 heteroatoms. The quantitative estimate of drug-likeness (QED) is 0.728. The van der Waals surface area contributed by atoms with Crippen LogP contribution in [0, 0.1) is 6.92 Å². The Morgan fingerprint density at radius 1 is 1.20 bits per heavy atom. The zero-order valence-electron chi connectivity index (χ0n) is 14.2. The van der Waals surface area contributed by atoms with Gasteiger partial charge in [-0.1, -0.05) is 12.1 Å². The SMILES string of the molecule is COc1ccc(C)cc1N[C@@H](C)C(=O)Nc1cccc(S(N)(=O)=O)c1. The molecule has 0 spiro atoms. The average molecular weight is 363 g/mol. The third-order valence-electron chi connectivity index (χ3n) is 3.55. The van der Waals surface area contributed by atoms with Crippen LogP contribution in [-0.4, -0.2) is 27.5 Å². The lowest BCUT2D eigenvalue weighted by atomic mass is 10.2. The number of carbonyl (C=O) groups excluding carboxylic acids is 1. The van der Waals surface area contributed by atoms with Crippen LogP contribution in [0.15, 0.2) is 47.4 Å². The van der Waals surface area contributed by atoms with Crippen molar-refractivity contribution < 1.29 is 17.9 Å². The van der Waals surface area contributed by atoms with Crippen molar-refractivity contribution in [1.82, 2.24) is 0 Å². The number of carbonyl (C=O) groups is 1. The maximum Gasteiger partial charge on any atom is 0.246 e. The summed E-state index contributed by atoms with van der Waals surface area (Å²) in [6, 6.07) is 10.8. The van der Waals surface area contributed by atoms with E-state index >= 15 is 0 Å². The van der Waals surface area contributed by atoms with Crippen LogP contribution in [0.4, 0.5) is 11.4 Å². The highest BCUT2D eigenvalue weighted by Crippen LogP contribution is 2.26. The summed E-state index contributed by atoms with van der Waals surface area (Å²) in [4.78, 5) is 12.3. The van der Waals surface area contributed by atoms with E-state index in [0.29, 0.717) is 17.1 Å². The van der Waals surface area contributed by atoms with Crippen molar-refractivity contribution in [2.24, 2.45) is 5.14 Å². The number of sulfonamides is 1. The van der Waals surface area contributed by atoms with Gasteiger partial charge in [0.05, 0.1) is 17.7 Å². The van der Waals surface area contributed by atoms with E-state index in [1.807, 2.05) is 25.1 Å². The van der Waals surface area contributed by atoms with Crippen LogP contribution in [0.2, 0.25) is 0 Å². The predicted molar refractivity (Wildman–Crippen MR) is 97.3 cm³/mol. The Kier molecular flexibility index (Phi) is 5.66. The summed E-state index contributed by atoms with van der Waals surface area (Å²) < 4.78 is 28.1. The molecule has 4 N–H and O–H groups in total. The van der Waals surface area contributed by atoms with E-state index < -0.39 is 16.1 Å². The fourth-order valence-corrected chi connectivity index (χ4v) is 2.79. The maximum atomic E-state index is 12.4. The van der Waals surface area contributed by atoms with Crippen LogP contribution >= 0.6 is 0 Å². The van der Waals surface area contributed by atoms with Gasteiger partial charge >= 0.3 is 0 Å². The first-order valence-corrected chi connectivity index (χ1v) is 9.10. The van der Waals surface area contributed by atoms with Gasteiger partial charge in [-0.05, 0) is 49.7 Å². The Morgan fingerprint density at radius 2 is 1.92 bits per heavy atom. The van der Waals surface area contributed by atoms with E-state index in [4.69, 9.17) is 9.88 Å². The van der Waals surface area contributed by atoms with E-state index in [-0.39, 0.29) is 10.8 Å². The van der Waals surface area contributed by atoms with Gasteiger partial charge < -0.3 is 15.4 Å². The summed E-state index contributed by atoms with van der Waals surface area (Å²) in [5, 5.41) is 10.8. The summed E-state index contributed by atoms with van der Waals surface area (Å²) in [7, 11) is -2.27. The lowest BCUT2D eigenvalue weighted by Crippen LogP contribution is -2.32. The number of nitrogens with one attached hydrogen (secondary N) is 2. The molecular weight excluding hydrogens is 342 g/mol. The number of benzene rings is 2. The van der Waals surface area contributed by atoms with Crippen molar-refractivity contribution in [2.75, 3.05) is 17.7 Å². The first-order valence-electron chi connectivity index (χ1n) is 7.55. The minimum Gasteiger partial charge on any atom is -0.495 e.